The van der Waals surface area contributed by atoms with Crippen LogP contribution in [0.1, 0.15) is 32.9 Å². The molecule has 0 atom stereocenters. The maximum atomic E-state index is 9.55. The first kappa shape index (κ1) is 12.3. The van der Waals surface area contributed by atoms with E-state index in [0.29, 0.717) is 6.54 Å². The van der Waals surface area contributed by atoms with Crippen molar-refractivity contribution in [3.05, 3.63) is 24.0 Å². The lowest BCUT2D eigenvalue weighted by molar-refractivity contribution is 0.0793. The molecule has 1 aromatic heterocycles. The third-order valence-corrected chi connectivity index (χ3v) is 2.25. The van der Waals surface area contributed by atoms with Crippen molar-refractivity contribution in [2.24, 2.45) is 0 Å². The zero-order valence-corrected chi connectivity index (χ0v) is 9.95. The van der Waals surface area contributed by atoms with Crippen molar-refractivity contribution in [2.75, 3.05) is 6.54 Å². The van der Waals surface area contributed by atoms with Crippen molar-refractivity contribution in [3.8, 4) is 0 Å². The highest BCUT2D eigenvalue weighted by atomic mass is 16.3. The van der Waals surface area contributed by atoms with Crippen LogP contribution >= 0.6 is 0 Å². The van der Waals surface area contributed by atoms with Gasteiger partial charge in [-0.05, 0) is 32.4 Å². The molecule has 0 saturated carbocycles. The Labute approximate surface area is 92.1 Å². The van der Waals surface area contributed by atoms with E-state index < -0.39 is 5.60 Å². The predicted octanol–water partition coefficient (Wildman–Crippen LogP) is 1.76. The smallest absolute Gasteiger partial charge is 0.0715 e. The second kappa shape index (κ2) is 5.33. The maximum absolute atomic E-state index is 9.55. The molecule has 15 heavy (non-hydrogen) atoms. The van der Waals surface area contributed by atoms with Crippen LogP contribution in [-0.4, -0.2) is 21.8 Å². The lowest BCUT2D eigenvalue weighted by Crippen LogP contribution is -2.34. The van der Waals surface area contributed by atoms with E-state index >= 15 is 0 Å². The number of rotatable bonds is 6. The van der Waals surface area contributed by atoms with Crippen LogP contribution in [-0.2, 0) is 13.1 Å². The molecule has 1 heterocycles. The van der Waals surface area contributed by atoms with E-state index in [0.717, 1.165) is 19.5 Å². The maximum Gasteiger partial charge on any atom is 0.0715 e. The molecule has 3 heteroatoms. The lowest BCUT2D eigenvalue weighted by Gasteiger charge is -2.18. The molecule has 1 rings (SSSR count). The van der Waals surface area contributed by atoms with Gasteiger partial charge in [0.1, 0.15) is 0 Å². The third kappa shape index (κ3) is 4.49. The molecule has 0 amide bonds. The zero-order valence-electron chi connectivity index (χ0n) is 9.95. The van der Waals surface area contributed by atoms with Crippen LogP contribution in [0.3, 0.4) is 0 Å². The van der Waals surface area contributed by atoms with Gasteiger partial charge in [0.2, 0.25) is 0 Å². The first-order valence-corrected chi connectivity index (χ1v) is 5.60. The summed E-state index contributed by atoms with van der Waals surface area (Å²) in [6.45, 7) is 8.29. The zero-order chi connectivity index (χ0) is 11.3. The summed E-state index contributed by atoms with van der Waals surface area (Å²) in [5.74, 6) is 0. The number of nitrogens with zero attached hydrogens (tertiary/aromatic N) is 1. The Morgan fingerprint density at radius 3 is 2.80 bits per heavy atom. The van der Waals surface area contributed by atoms with Crippen molar-refractivity contribution in [2.45, 2.75) is 45.9 Å². The largest absolute Gasteiger partial charge is 0.389 e. The number of nitrogens with one attached hydrogen (secondary N) is 1. The highest BCUT2D eigenvalue weighted by molar-refractivity contribution is 5.06. The SMILES string of the molecule is CCCn1cccc1CNCC(C)(C)O. The van der Waals surface area contributed by atoms with Crippen LogP contribution in [0, 0.1) is 0 Å². The average Bonchev–Trinajstić information content (AvgIpc) is 2.51. The Hall–Kier alpha value is -0.800. The van der Waals surface area contributed by atoms with Gasteiger partial charge in [-0.15, -0.1) is 0 Å². The molecule has 0 aromatic carbocycles. The molecule has 3 nitrogen and oxygen atoms in total. The molecule has 0 aliphatic carbocycles. The Kier molecular flexibility index (Phi) is 4.36. The third-order valence-electron chi connectivity index (χ3n) is 2.25. The van der Waals surface area contributed by atoms with Crippen molar-refractivity contribution in [1.82, 2.24) is 9.88 Å². The van der Waals surface area contributed by atoms with Crippen LogP contribution in [0.25, 0.3) is 0 Å². The topological polar surface area (TPSA) is 37.2 Å². The monoisotopic (exact) mass is 210 g/mol. The van der Waals surface area contributed by atoms with E-state index in [1.807, 2.05) is 13.8 Å². The Morgan fingerprint density at radius 1 is 1.47 bits per heavy atom. The summed E-state index contributed by atoms with van der Waals surface area (Å²) in [4.78, 5) is 0. The summed E-state index contributed by atoms with van der Waals surface area (Å²) in [5.41, 5.74) is 0.642. The van der Waals surface area contributed by atoms with E-state index in [2.05, 4.69) is 35.1 Å². The molecule has 0 spiro atoms. The Bertz CT molecular complexity index is 286. The van der Waals surface area contributed by atoms with E-state index in [4.69, 9.17) is 0 Å². The van der Waals surface area contributed by atoms with E-state index in [1.165, 1.54) is 5.69 Å². The van der Waals surface area contributed by atoms with Gasteiger partial charge in [-0.2, -0.15) is 0 Å². The summed E-state index contributed by atoms with van der Waals surface area (Å²) in [6.07, 6.45) is 3.25. The van der Waals surface area contributed by atoms with Crippen molar-refractivity contribution in [1.29, 1.82) is 0 Å². The minimum Gasteiger partial charge on any atom is -0.389 e. The summed E-state index contributed by atoms with van der Waals surface area (Å²) in [7, 11) is 0. The average molecular weight is 210 g/mol. The molecule has 0 unspecified atom stereocenters. The van der Waals surface area contributed by atoms with Gasteiger partial charge >= 0.3 is 0 Å². The Morgan fingerprint density at radius 2 is 2.20 bits per heavy atom. The van der Waals surface area contributed by atoms with E-state index in [-0.39, 0.29) is 0 Å². The molecule has 2 N–H and O–H groups in total. The summed E-state index contributed by atoms with van der Waals surface area (Å²) >= 11 is 0. The molecule has 0 radical (unpaired) electrons. The quantitative estimate of drug-likeness (QED) is 0.750. The molecule has 0 aliphatic rings. The number of aliphatic hydroxyl groups is 1. The predicted molar refractivity (Wildman–Crippen MR) is 62.7 cm³/mol. The Balaban J connectivity index is 2.40. The van der Waals surface area contributed by atoms with Gasteiger partial charge in [-0.1, -0.05) is 6.92 Å². The molecule has 0 fully saturated rings. The van der Waals surface area contributed by atoms with Gasteiger partial charge in [-0.25, -0.2) is 0 Å². The minimum atomic E-state index is -0.637. The number of aryl methyl sites for hydroxylation is 1. The van der Waals surface area contributed by atoms with Crippen LogP contribution < -0.4 is 5.32 Å². The van der Waals surface area contributed by atoms with Crippen molar-refractivity contribution in [3.63, 3.8) is 0 Å². The molecular weight excluding hydrogens is 188 g/mol. The summed E-state index contributed by atoms with van der Waals surface area (Å²) < 4.78 is 2.25. The lowest BCUT2D eigenvalue weighted by atomic mass is 10.1. The van der Waals surface area contributed by atoms with Gasteiger partial charge < -0.3 is 15.0 Å². The second-order valence-corrected chi connectivity index (χ2v) is 4.61. The molecule has 0 aliphatic heterocycles. The molecule has 1 aromatic rings. The summed E-state index contributed by atoms with van der Waals surface area (Å²) in [6, 6.07) is 4.18. The normalized spacial score (nSPS) is 12.0. The minimum absolute atomic E-state index is 0.615. The number of aromatic nitrogens is 1. The van der Waals surface area contributed by atoms with E-state index in [9.17, 15) is 5.11 Å². The van der Waals surface area contributed by atoms with Gasteiger partial charge in [0.25, 0.3) is 0 Å². The first-order chi connectivity index (χ1) is 7.03. The molecule has 0 saturated heterocycles. The van der Waals surface area contributed by atoms with Gasteiger partial charge in [-0.3, -0.25) is 0 Å². The number of hydrogen-bond donors (Lipinski definition) is 2. The fourth-order valence-corrected chi connectivity index (χ4v) is 1.57. The van der Waals surface area contributed by atoms with Gasteiger partial charge in [0, 0.05) is 31.5 Å². The first-order valence-electron chi connectivity index (χ1n) is 5.60. The highest BCUT2D eigenvalue weighted by Crippen LogP contribution is 2.04. The van der Waals surface area contributed by atoms with Crippen molar-refractivity contribution >= 4 is 0 Å². The molecular formula is C12H22N2O. The fourth-order valence-electron chi connectivity index (χ4n) is 1.57. The van der Waals surface area contributed by atoms with Crippen LogP contribution in [0.2, 0.25) is 0 Å². The molecule has 0 bridgehead atoms. The molecule has 86 valence electrons. The summed E-state index contributed by atoms with van der Waals surface area (Å²) in [5, 5.41) is 12.8. The van der Waals surface area contributed by atoms with Crippen LogP contribution in [0.4, 0.5) is 0 Å². The van der Waals surface area contributed by atoms with Gasteiger partial charge in [0.05, 0.1) is 5.60 Å². The van der Waals surface area contributed by atoms with Crippen LogP contribution in [0.15, 0.2) is 18.3 Å². The van der Waals surface area contributed by atoms with Gasteiger partial charge in [0.15, 0.2) is 0 Å². The fraction of sp³-hybridized carbons (Fsp3) is 0.667. The van der Waals surface area contributed by atoms with Crippen LogP contribution in [0.5, 0.6) is 0 Å². The standard InChI is InChI=1S/C12H22N2O/c1-4-7-14-8-5-6-11(14)9-13-10-12(2,3)15/h5-6,8,13,15H,4,7,9-10H2,1-3H3. The van der Waals surface area contributed by atoms with E-state index in [1.54, 1.807) is 0 Å². The van der Waals surface area contributed by atoms with Crippen molar-refractivity contribution < 1.29 is 5.11 Å². The second-order valence-electron chi connectivity index (χ2n) is 4.61. The number of hydrogen-bond acceptors (Lipinski definition) is 2. The highest BCUT2D eigenvalue weighted by Gasteiger charge is 2.11.